The zero-order valence-electron chi connectivity index (χ0n) is 25.9. The van der Waals surface area contributed by atoms with E-state index in [9.17, 15) is 41.1 Å². The van der Waals surface area contributed by atoms with E-state index in [2.05, 4.69) is 17.2 Å². The molecule has 3 N–H and O–H groups in total. The molecule has 48 heavy (non-hydrogen) atoms. The number of carbonyl (C=O) groups excluding carboxylic acids is 4. The first-order valence-electron chi connectivity index (χ1n) is 14.3. The normalized spacial score (nSPS) is 14.3. The predicted molar refractivity (Wildman–Crippen MR) is 175 cm³/mol. The van der Waals surface area contributed by atoms with Gasteiger partial charge in [0, 0.05) is 27.4 Å². The lowest BCUT2D eigenvalue weighted by molar-refractivity contribution is -0.165. The fourth-order valence-electron chi connectivity index (χ4n) is 4.37. The Balaban J connectivity index is 2.43. The third kappa shape index (κ3) is 12.1. The summed E-state index contributed by atoms with van der Waals surface area (Å²) in [5.41, 5.74) is 1.19. The van der Waals surface area contributed by atoms with Crippen LogP contribution in [0, 0.1) is 5.92 Å². The minimum atomic E-state index is -5.02. The molecule has 0 radical (unpaired) electrons. The third-order valence-electron chi connectivity index (χ3n) is 6.84. The molecule has 0 saturated carbocycles. The summed E-state index contributed by atoms with van der Waals surface area (Å²) in [6, 6.07) is 9.83. The fraction of sp³-hybridized carbons (Fsp3) is 0.333. The van der Waals surface area contributed by atoms with Crippen LogP contribution in [0.25, 0.3) is 0 Å². The predicted octanol–water partition coefficient (Wildman–Crippen LogP) is 7.28. The Morgan fingerprint density at radius 3 is 2.00 bits per heavy atom. The molecule has 2 rings (SSSR count). The molecule has 3 amide bonds. The van der Waals surface area contributed by atoms with Crippen molar-refractivity contribution in [3.05, 3.63) is 105 Å². The molecule has 1 unspecified atom stereocenters. The highest BCUT2D eigenvalue weighted by atomic mass is 35.5. The maximum Gasteiger partial charge on any atom is 0.405 e. The smallest absolute Gasteiger partial charge is 0.344 e. The molecule has 0 fully saturated rings. The number of carbonyl (C=O) groups is 4. The van der Waals surface area contributed by atoms with E-state index in [1.807, 2.05) is 0 Å². The van der Waals surface area contributed by atoms with Crippen molar-refractivity contribution < 1.29 is 41.1 Å². The summed E-state index contributed by atoms with van der Waals surface area (Å²) < 4.78 is 67.0. The second-order valence-corrected chi connectivity index (χ2v) is 12.2. The molecule has 0 aliphatic heterocycles. The first-order valence-corrected chi connectivity index (χ1v) is 15.5. The van der Waals surface area contributed by atoms with E-state index < -0.39 is 66.1 Å². The Labute approximate surface area is 289 Å². The van der Waals surface area contributed by atoms with Gasteiger partial charge in [-0.15, -0.1) is 0 Å². The highest BCUT2D eigenvalue weighted by Gasteiger charge is 2.52. The van der Waals surface area contributed by atoms with Crippen LogP contribution in [0.1, 0.15) is 44.2 Å². The van der Waals surface area contributed by atoms with Crippen molar-refractivity contribution in [2.45, 2.75) is 57.3 Å². The molecule has 2 aromatic rings. The average Bonchev–Trinajstić information content (AvgIpc) is 3.01. The van der Waals surface area contributed by atoms with Crippen LogP contribution < -0.4 is 16.0 Å². The minimum Gasteiger partial charge on any atom is -0.344 e. The molecule has 0 saturated heterocycles. The largest absolute Gasteiger partial charge is 0.405 e. The number of halogens is 8. The van der Waals surface area contributed by atoms with Gasteiger partial charge in [0.2, 0.25) is 17.6 Å². The number of alkyl halides is 5. The van der Waals surface area contributed by atoms with Gasteiger partial charge in [0.05, 0.1) is 6.04 Å². The Hall–Kier alpha value is -3.74. The number of amides is 3. The summed E-state index contributed by atoms with van der Waals surface area (Å²) in [6.07, 6.45) is -1.14. The Morgan fingerprint density at radius 2 is 1.48 bits per heavy atom. The summed E-state index contributed by atoms with van der Waals surface area (Å²) in [4.78, 5) is 51.8. The van der Waals surface area contributed by atoms with E-state index in [0.717, 1.165) is 5.32 Å². The number of allylic oxidation sites excluding steroid dienone is 3. The van der Waals surface area contributed by atoms with Gasteiger partial charge in [0.15, 0.2) is 0 Å². The van der Waals surface area contributed by atoms with Crippen LogP contribution in [0.3, 0.4) is 0 Å². The van der Waals surface area contributed by atoms with Crippen LogP contribution in [-0.2, 0) is 19.2 Å². The second kappa shape index (κ2) is 17.6. The molecule has 7 nitrogen and oxygen atoms in total. The van der Waals surface area contributed by atoms with Crippen molar-refractivity contribution in [1.29, 1.82) is 0 Å². The lowest BCUT2D eigenvalue weighted by atomic mass is 9.88. The second-order valence-electron chi connectivity index (χ2n) is 10.9. The molecule has 2 aromatic carbocycles. The molecule has 0 heterocycles. The SMILES string of the molecule is C=C(/C=C\C(Cl)=C/C)[C@H](NC(=O)CC(c1ccccc1)c1cc(Cl)cc(Cl)c1)C(=O)N[C@H](C(=O)C(F)(F)C(=O)NCC(F)(F)F)C(C)C. The van der Waals surface area contributed by atoms with Crippen molar-refractivity contribution in [3.8, 4) is 0 Å². The van der Waals surface area contributed by atoms with Gasteiger partial charge < -0.3 is 16.0 Å². The van der Waals surface area contributed by atoms with Crippen LogP contribution >= 0.6 is 34.8 Å². The van der Waals surface area contributed by atoms with E-state index in [0.29, 0.717) is 21.2 Å². The van der Waals surface area contributed by atoms with Crippen LogP contribution in [-0.4, -0.2) is 54.2 Å². The topological polar surface area (TPSA) is 104 Å². The molecule has 3 atom stereocenters. The molecule has 15 heteroatoms. The van der Waals surface area contributed by atoms with Gasteiger partial charge in [-0.3, -0.25) is 19.2 Å². The Kier molecular flexibility index (Phi) is 14.8. The first kappa shape index (κ1) is 40.4. The summed E-state index contributed by atoms with van der Waals surface area (Å²) in [6.45, 7) is 5.84. The Morgan fingerprint density at radius 1 is 0.896 bits per heavy atom. The molecule has 0 spiro atoms. The molecular weight excluding hydrogens is 704 g/mol. The van der Waals surface area contributed by atoms with Gasteiger partial charge in [0.1, 0.15) is 12.6 Å². The number of hydrogen-bond donors (Lipinski definition) is 3. The molecule has 0 aromatic heterocycles. The number of nitrogens with one attached hydrogen (secondary N) is 3. The molecule has 0 aliphatic carbocycles. The lowest BCUT2D eigenvalue weighted by Gasteiger charge is -2.28. The van der Waals surface area contributed by atoms with Crippen molar-refractivity contribution >= 4 is 58.3 Å². The van der Waals surface area contributed by atoms with E-state index in [-0.39, 0.29) is 17.0 Å². The van der Waals surface area contributed by atoms with Crippen LogP contribution in [0.5, 0.6) is 0 Å². The number of ketones is 1. The highest BCUT2D eigenvalue weighted by Crippen LogP contribution is 2.32. The van der Waals surface area contributed by atoms with Crippen LogP contribution in [0.2, 0.25) is 10.0 Å². The lowest BCUT2D eigenvalue weighted by Crippen LogP contribution is -2.59. The monoisotopic (exact) mass is 735 g/mol. The van der Waals surface area contributed by atoms with E-state index in [4.69, 9.17) is 34.8 Å². The zero-order chi connectivity index (χ0) is 36.4. The molecular formula is C33H33Cl3F5N3O4. The summed E-state index contributed by atoms with van der Waals surface area (Å²) in [7, 11) is 0. The summed E-state index contributed by atoms with van der Waals surface area (Å²) in [5.74, 6) is -13.2. The number of Topliss-reactive ketones (excluding diaryl/α,β-unsaturated/α-hetero) is 1. The molecule has 0 bridgehead atoms. The highest BCUT2D eigenvalue weighted by molar-refractivity contribution is 6.34. The van der Waals surface area contributed by atoms with Crippen LogP contribution in [0.4, 0.5) is 22.0 Å². The average molecular weight is 737 g/mol. The number of hydrogen-bond acceptors (Lipinski definition) is 4. The van der Waals surface area contributed by atoms with Gasteiger partial charge in [0.25, 0.3) is 5.91 Å². The van der Waals surface area contributed by atoms with Crippen molar-refractivity contribution in [1.82, 2.24) is 16.0 Å². The zero-order valence-corrected chi connectivity index (χ0v) is 28.2. The summed E-state index contributed by atoms with van der Waals surface area (Å²) in [5, 5.41) is 6.44. The summed E-state index contributed by atoms with van der Waals surface area (Å²) >= 11 is 18.5. The van der Waals surface area contributed by atoms with Gasteiger partial charge in [-0.1, -0.05) is 97.7 Å². The first-order chi connectivity index (χ1) is 22.3. The van der Waals surface area contributed by atoms with E-state index in [1.54, 1.807) is 49.4 Å². The maximum atomic E-state index is 14.8. The van der Waals surface area contributed by atoms with Gasteiger partial charge in [-0.2, -0.15) is 22.0 Å². The van der Waals surface area contributed by atoms with Gasteiger partial charge in [-0.25, -0.2) is 0 Å². The van der Waals surface area contributed by atoms with E-state index in [1.165, 1.54) is 38.1 Å². The Bertz CT molecular complexity index is 1540. The van der Waals surface area contributed by atoms with E-state index >= 15 is 0 Å². The quantitative estimate of drug-likeness (QED) is 0.102. The fourth-order valence-corrected chi connectivity index (χ4v) is 4.98. The standard InChI is InChI=1S/C33H33Cl3F5N3O4/c1-5-22(34)12-11-19(4)28(30(47)44-27(18(2)3)29(46)33(40,41)31(48)42-17-32(37,38)39)43-26(45)16-25(20-9-7-6-8-10-20)21-13-23(35)15-24(36)14-21/h5-15,18,25,27-28H,4,16-17H2,1-3H3,(H,42,48)(H,43,45)(H,44,47)/b12-11-,22-5+/t25?,27-,28-/m0/s1. The van der Waals surface area contributed by atoms with Crippen molar-refractivity contribution in [2.24, 2.45) is 5.92 Å². The van der Waals surface area contributed by atoms with Crippen molar-refractivity contribution in [2.75, 3.05) is 6.54 Å². The third-order valence-corrected chi connectivity index (χ3v) is 7.62. The number of rotatable bonds is 15. The number of benzene rings is 2. The van der Waals surface area contributed by atoms with Crippen LogP contribution in [0.15, 0.2) is 83.9 Å². The van der Waals surface area contributed by atoms with Gasteiger partial charge in [-0.05, 0) is 53.8 Å². The maximum absolute atomic E-state index is 14.8. The molecule has 0 aliphatic rings. The van der Waals surface area contributed by atoms with Crippen molar-refractivity contribution in [3.63, 3.8) is 0 Å². The minimum absolute atomic E-state index is 0.0763. The van der Waals surface area contributed by atoms with Gasteiger partial charge >= 0.3 is 12.1 Å². The molecule has 260 valence electrons.